The van der Waals surface area contributed by atoms with Crippen molar-refractivity contribution in [3.8, 4) is 5.75 Å². The van der Waals surface area contributed by atoms with Crippen LogP contribution in [0.25, 0.3) is 0 Å². The predicted octanol–water partition coefficient (Wildman–Crippen LogP) is 2.19. The van der Waals surface area contributed by atoms with Gasteiger partial charge in [-0.15, -0.1) is 0 Å². The molecular formula is C11H14INO2. The fourth-order valence-electron chi connectivity index (χ4n) is 1.04. The third kappa shape index (κ3) is 5.01. The van der Waals surface area contributed by atoms with E-state index in [1.165, 1.54) is 0 Å². The van der Waals surface area contributed by atoms with Crippen molar-refractivity contribution in [1.29, 1.82) is 0 Å². The molecule has 4 heteroatoms. The second-order valence-electron chi connectivity index (χ2n) is 3.46. The number of benzene rings is 1. The molecule has 0 atom stereocenters. The van der Waals surface area contributed by atoms with Crippen LogP contribution in [0.4, 0.5) is 0 Å². The molecule has 0 heterocycles. The van der Waals surface area contributed by atoms with E-state index in [4.69, 9.17) is 4.74 Å². The maximum Gasteiger partial charge on any atom is 0.258 e. The summed E-state index contributed by atoms with van der Waals surface area (Å²) in [6.07, 6.45) is 0. The molecule has 1 aromatic rings. The van der Waals surface area contributed by atoms with E-state index in [0.717, 1.165) is 3.57 Å². The first kappa shape index (κ1) is 12.3. The minimum absolute atomic E-state index is 0.0682. The SMILES string of the molecule is CC(C)NC(=O)COc1ccc(I)cc1. The maximum absolute atomic E-state index is 11.3. The van der Waals surface area contributed by atoms with Gasteiger partial charge in [-0.05, 0) is 60.7 Å². The second-order valence-corrected chi connectivity index (χ2v) is 4.71. The Labute approximate surface area is 103 Å². The van der Waals surface area contributed by atoms with Gasteiger partial charge in [0.2, 0.25) is 0 Å². The Morgan fingerprint density at radius 3 is 2.53 bits per heavy atom. The zero-order valence-electron chi connectivity index (χ0n) is 8.79. The lowest BCUT2D eigenvalue weighted by molar-refractivity contribution is -0.123. The van der Waals surface area contributed by atoms with E-state index >= 15 is 0 Å². The van der Waals surface area contributed by atoms with Gasteiger partial charge in [0.15, 0.2) is 6.61 Å². The molecule has 1 rings (SSSR count). The number of hydrogen-bond acceptors (Lipinski definition) is 2. The van der Waals surface area contributed by atoms with Crippen molar-refractivity contribution in [2.24, 2.45) is 0 Å². The van der Waals surface area contributed by atoms with Crippen molar-refractivity contribution in [2.45, 2.75) is 19.9 Å². The Bertz CT molecular complexity index is 322. The number of hydrogen-bond donors (Lipinski definition) is 1. The Kier molecular flexibility index (Phi) is 4.87. The van der Waals surface area contributed by atoms with Crippen LogP contribution in [0.3, 0.4) is 0 Å². The molecule has 0 fully saturated rings. The van der Waals surface area contributed by atoms with Gasteiger partial charge in [0.1, 0.15) is 5.75 Å². The minimum Gasteiger partial charge on any atom is -0.484 e. The number of carbonyl (C=O) groups is 1. The number of nitrogens with one attached hydrogen (secondary N) is 1. The Morgan fingerprint density at radius 1 is 1.40 bits per heavy atom. The largest absolute Gasteiger partial charge is 0.484 e. The predicted molar refractivity (Wildman–Crippen MR) is 67.9 cm³/mol. The molecule has 0 bridgehead atoms. The fraction of sp³-hybridized carbons (Fsp3) is 0.364. The van der Waals surface area contributed by atoms with Crippen LogP contribution in [0.1, 0.15) is 13.8 Å². The summed E-state index contributed by atoms with van der Waals surface area (Å²) in [6.45, 7) is 3.91. The van der Waals surface area contributed by atoms with Crippen molar-refractivity contribution in [3.05, 3.63) is 27.8 Å². The summed E-state index contributed by atoms with van der Waals surface area (Å²) in [7, 11) is 0. The van der Waals surface area contributed by atoms with Gasteiger partial charge in [-0.1, -0.05) is 0 Å². The highest BCUT2D eigenvalue weighted by Crippen LogP contribution is 2.13. The van der Waals surface area contributed by atoms with Crippen LogP contribution >= 0.6 is 22.6 Å². The van der Waals surface area contributed by atoms with Gasteiger partial charge in [-0.3, -0.25) is 4.79 Å². The average molecular weight is 319 g/mol. The Hall–Kier alpha value is -0.780. The first-order valence-electron chi connectivity index (χ1n) is 4.75. The highest BCUT2D eigenvalue weighted by atomic mass is 127. The summed E-state index contributed by atoms with van der Waals surface area (Å²) in [5.74, 6) is 0.623. The zero-order chi connectivity index (χ0) is 11.3. The molecule has 0 saturated heterocycles. The molecule has 1 N–H and O–H groups in total. The number of halogens is 1. The minimum atomic E-state index is -0.0939. The molecule has 82 valence electrons. The van der Waals surface area contributed by atoms with Crippen LogP contribution in [0.2, 0.25) is 0 Å². The van der Waals surface area contributed by atoms with Crippen molar-refractivity contribution in [1.82, 2.24) is 5.32 Å². The van der Waals surface area contributed by atoms with Gasteiger partial charge in [0.05, 0.1) is 0 Å². The number of amides is 1. The molecule has 3 nitrogen and oxygen atoms in total. The number of ether oxygens (including phenoxy) is 1. The zero-order valence-corrected chi connectivity index (χ0v) is 10.9. The molecule has 0 aliphatic heterocycles. The van der Waals surface area contributed by atoms with Crippen molar-refractivity contribution in [3.63, 3.8) is 0 Å². The van der Waals surface area contributed by atoms with Gasteiger partial charge in [0.25, 0.3) is 5.91 Å². The lowest BCUT2D eigenvalue weighted by atomic mass is 10.3. The Balaban J connectivity index is 2.37. The van der Waals surface area contributed by atoms with Gasteiger partial charge in [-0.2, -0.15) is 0 Å². The van der Waals surface area contributed by atoms with E-state index in [-0.39, 0.29) is 18.6 Å². The van der Waals surface area contributed by atoms with Crippen molar-refractivity contribution >= 4 is 28.5 Å². The second kappa shape index (κ2) is 5.95. The van der Waals surface area contributed by atoms with Crippen LogP contribution in [0.15, 0.2) is 24.3 Å². The Morgan fingerprint density at radius 2 is 2.00 bits per heavy atom. The summed E-state index contributed by atoms with van der Waals surface area (Å²) in [4.78, 5) is 11.3. The summed E-state index contributed by atoms with van der Waals surface area (Å²) < 4.78 is 6.45. The van der Waals surface area contributed by atoms with Crippen LogP contribution in [-0.2, 0) is 4.79 Å². The van der Waals surface area contributed by atoms with Crippen molar-refractivity contribution < 1.29 is 9.53 Å². The molecule has 1 amide bonds. The van der Waals surface area contributed by atoms with Crippen molar-refractivity contribution in [2.75, 3.05) is 6.61 Å². The molecule has 0 aliphatic carbocycles. The van der Waals surface area contributed by atoms with E-state index in [0.29, 0.717) is 5.75 Å². The fourth-order valence-corrected chi connectivity index (χ4v) is 1.40. The average Bonchev–Trinajstić information content (AvgIpc) is 2.16. The lowest BCUT2D eigenvalue weighted by Crippen LogP contribution is -2.34. The number of rotatable bonds is 4. The van der Waals surface area contributed by atoms with E-state index in [1.54, 1.807) is 0 Å². The quantitative estimate of drug-likeness (QED) is 0.864. The molecule has 0 radical (unpaired) electrons. The molecule has 0 unspecified atom stereocenters. The topological polar surface area (TPSA) is 38.3 Å². The summed E-state index contributed by atoms with van der Waals surface area (Å²) in [5, 5.41) is 2.76. The third-order valence-corrected chi connectivity index (χ3v) is 2.35. The van der Waals surface area contributed by atoms with Gasteiger partial charge in [-0.25, -0.2) is 0 Å². The van der Waals surface area contributed by atoms with Crippen LogP contribution in [-0.4, -0.2) is 18.6 Å². The van der Waals surface area contributed by atoms with E-state index in [9.17, 15) is 4.79 Å². The summed E-state index contributed by atoms with van der Waals surface area (Å²) >= 11 is 2.22. The molecule has 0 aromatic heterocycles. The number of carbonyl (C=O) groups excluding carboxylic acids is 1. The van der Waals surface area contributed by atoms with E-state index in [2.05, 4.69) is 27.9 Å². The first-order valence-corrected chi connectivity index (χ1v) is 5.83. The highest BCUT2D eigenvalue weighted by molar-refractivity contribution is 14.1. The van der Waals surface area contributed by atoms with Crippen LogP contribution in [0.5, 0.6) is 5.75 Å². The highest BCUT2D eigenvalue weighted by Gasteiger charge is 2.03. The summed E-state index contributed by atoms with van der Waals surface area (Å²) in [6, 6.07) is 7.74. The maximum atomic E-state index is 11.3. The first-order chi connectivity index (χ1) is 7.08. The van der Waals surface area contributed by atoms with Gasteiger partial charge in [0, 0.05) is 9.61 Å². The monoisotopic (exact) mass is 319 g/mol. The molecule has 0 saturated carbocycles. The third-order valence-electron chi connectivity index (χ3n) is 1.63. The van der Waals surface area contributed by atoms with E-state index < -0.39 is 0 Å². The van der Waals surface area contributed by atoms with Crippen LogP contribution in [0, 0.1) is 3.57 Å². The normalized spacial score (nSPS) is 10.1. The van der Waals surface area contributed by atoms with E-state index in [1.807, 2.05) is 38.1 Å². The molecule has 0 spiro atoms. The summed E-state index contributed by atoms with van der Waals surface area (Å²) in [5.41, 5.74) is 0. The van der Waals surface area contributed by atoms with Gasteiger partial charge >= 0.3 is 0 Å². The molecular weight excluding hydrogens is 305 g/mol. The van der Waals surface area contributed by atoms with Crippen LogP contribution < -0.4 is 10.1 Å². The van der Waals surface area contributed by atoms with Gasteiger partial charge < -0.3 is 10.1 Å². The molecule has 15 heavy (non-hydrogen) atoms. The molecule has 0 aliphatic rings. The standard InChI is InChI=1S/C11H14INO2/c1-8(2)13-11(14)7-15-10-5-3-9(12)4-6-10/h3-6,8H,7H2,1-2H3,(H,13,14). The lowest BCUT2D eigenvalue weighted by Gasteiger charge is -2.09. The molecule has 1 aromatic carbocycles. The smallest absolute Gasteiger partial charge is 0.258 e.